The quantitative estimate of drug-likeness (QED) is 0.370. The largest absolute Gasteiger partial charge is 0.411 e. The molecule has 2 nitrogen and oxygen atoms in total. The molecule has 0 N–H and O–H groups in total. The van der Waals surface area contributed by atoms with E-state index in [0.29, 0.717) is 11.4 Å². The average molecular weight is 414 g/mol. The van der Waals surface area contributed by atoms with Crippen molar-refractivity contribution in [3.8, 4) is 0 Å². The van der Waals surface area contributed by atoms with E-state index >= 15 is 0 Å². The summed E-state index contributed by atoms with van der Waals surface area (Å²) in [4.78, 5) is 8.12. The van der Waals surface area contributed by atoms with E-state index in [-0.39, 0.29) is 11.4 Å². The SMILES string of the molecule is CC(C)=Nc1ccc(C(c2ccc(N=C(C)C)cc2)(C(F)(F)F)C(F)(F)F)cc1. The summed E-state index contributed by atoms with van der Waals surface area (Å²) in [5.41, 5.74) is -4.23. The minimum atomic E-state index is -5.62. The summed E-state index contributed by atoms with van der Waals surface area (Å²) in [6.45, 7) is 6.69. The Hall–Kier alpha value is -2.64. The summed E-state index contributed by atoms with van der Waals surface area (Å²) in [6.07, 6.45) is -11.2. The molecule has 0 aliphatic carbocycles. The molecule has 29 heavy (non-hydrogen) atoms. The smallest absolute Gasteiger partial charge is 0.258 e. The third-order valence-electron chi connectivity index (χ3n) is 4.16. The van der Waals surface area contributed by atoms with Gasteiger partial charge >= 0.3 is 12.4 Å². The van der Waals surface area contributed by atoms with Crippen molar-refractivity contribution in [1.82, 2.24) is 0 Å². The van der Waals surface area contributed by atoms with E-state index < -0.39 is 28.9 Å². The number of hydrogen-bond donors (Lipinski definition) is 0. The van der Waals surface area contributed by atoms with Crippen LogP contribution in [0.25, 0.3) is 0 Å². The number of aliphatic imine (C=N–C) groups is 2. The molecule has 0 aliphatic heterocycles. The van der Waals surface area contributed by atoms with Gasteiger partial charge in [-0.15, -0.1) is 0 Å². The zero-order valence-electron chi connectivity index (χ0n) is 16.3. The van der Waals surface area contributed by atoms with Crippen LogP contribution in [0.3, 0.4) is 0 Å². The van der Waals surface area contributed by atoms with Crippen LogP contribution in [0.15, 0.2) is 58.5 Å². The van der Waals surface area contributed by atoms with Gasteiger partial charge in [0.1, 0.15) is 0 Å². The second-order valence-electron chi connectivity index (χ2n) is 6.96. The van der Waals surface area contributed by atoms with Gasteiger partial charge in [0, 0.05) is 11.4 Å². The summed E-state index contributed by atoms with van der Waals surface area (Å²) >= 11 is 0. The molecule has 156 valence electrons. The van der Waals surface area contributed by atoms with Gasteiger partial charge in [0.15, 0.2) is 0 Å². The lowest BCUT2D eigenvalue weighted by molar-refractivity contribution is -0.288. The molecule has 0 amide bonds. The second kappa shape index (κ2) is 8.00. The van der Waals surface area contributed by atoms with Crippen LogP contribution in [-0.4, -0.2) is 23.8 Å². The third-order valence-corrected chi connectivity index (χ3v) is 4.16. The maximum Gasteiger partial charge on any atom is 0.411 e. The predicted molar refractivity (Wildman–Crippen MR) is 103 cm³/mol. The Kier molecular flexibility index (Phi) is 6.25. The minimum Gasteiger partial charge on any atom is -0.258 e. The lowest BCUT2D eigenvalue weighted by Crippen LogP contribution is -2.54. The van der Waals surface area contributed by atoms with Crippen molar-refractivity contribution in [2.24, 2.45) is 9.98 Å². The zero-order chi connectivity index (χ0) is 22.0. The Morgan fingerprint density at radius 3 is 1.03 bits per heavy atom. The molecular formula is C21H20F6N2. The summed E-state index contributed by atoms with van der Waals surface area (Å²) in [6, 6.07) is 7.88. The summed E-state index contributed by atoms with van der Waals surface area (Å²) < 4.78 is 84.5. The molecule has 2 aromatic rings. The van der Waals surface area contributed by atoms with Gasteiger partial charge in [-0.25, -0.2) is 0 Å². The molecule has 0 fully saturated rings. The van der Waals surface area contributed by atoms with Crippen LogP contribution >= 0.6 is 0 Å². The van der Waals surface area contributed by atoms with Gasteiger partial charge < -0.3 is 0 Å². The lowest BCUT2D eigenvalue weighted by atomic mass is 9.73. The fourth-order valence-electron chi connectivity index (χ4n) is 3.07. The van der Waals surface area contributed by atoms with E-state index in [4.69, 9.17) is 0 Å². The number of halogens is 6. The van der Waals surface area contributed by atoms with Gasteiger partial charge in [-0.1, -0.05) is 24.3 Å². The van der Waals surface area contributed by atoms with Crippen LogP contribution in [0.2, 0.25) is 0 Å². The fraction of sp³-hybridized carbons (Fsp3) is 0.333. The van der Waals surface area contributed by atoms with E-state index in [1.54, 1.807) is 27.7 Å². The van der Waals surface area contributed by atoms with Crippen LogP contribution < -0.4 is 0 Å². The highest BCUT2D eigenvalue weighted by Gasteiger charge is 2.72. The van der Waals surface area contributed by atoms with E-state index in [1.165, 1.54) is 0 Å². The summed E-state index contributed by atoms with van der Waals surface area (Å²) in [5, 5.41) is 0. The molecule has 0 aliphatic rings. The second-order valence-corrected chi connectivity index (χ2v) is 6.96. The minimum absolute atomic E-state index is 0.273. The molecule has 0 radical (unpaired) electrons. The molecule has 0 atom stereocenters. The van der Waals surface area contributed by atoms with Crippen LogP contribution in [0, 0.1) is 0 Å². The summed E-state index contributed by atoms with van der Waals surface area (Å²) in [7, 11) is 0. The van der Waals surface area contributed by atoms with Crippen molar-refractivity contribution in [1.29, 1.82) is 0 Å². The average Bonchev–Trinajstić information content (AvgIpc) is 2.55. The molecule has 0 heterocycles. The number of benzene rings is 2. The first-order valence-corrected chi connectivity index (χ1v) is 8.67. The number of rotatable bonds is 4. The Labute approximate surface area is 165 Å². The van der Waals surface area contributed by atoms with E-state index in [9.17, 15) is 26.3 Å². The van der Waals surface area contributed by atoms with Gasteiger partial charge in [-0.2, -0.15) is 26.3 Å². The van der Waals surface area contributed by atoms with E-state index in [2.05, 4.69) is 9.98 Å². The summed E-state index contributed by atoms with van der Waals surface area (Å²) in [5.74, 6) is 0. The normalized spacial score (nSPS) is 12.5. The number of alkyl halides is 6. The Bertz CT molecular complexity index is 819. The zero-order valence-corrected chi connectivity index (χ0v) is 16.3. The first-order chi connectivity index (χ1) is 13.3. The van der Waals surface area contributed by atoms with Crippen molar-refractivity contribution in [2.45, 2.75) is 45.5 Å². The van der Waals surface area contributed by atoms with Crippen molar-refractivity contribution >= 4 is 22.8 Å². The first kappa shape index (κ1) is 22.6. The highest BCUT2D eigenvalue weighted by atomic mass is 19.4. The molecule has 0 unspecified atom stereocenters. The maximum atomic E-state index is 14.1. The lowest BCUT2D eigenvalue weighted by Gasteiger charge is -2.38. The molecule has 0 spiro atoms. The third kappa shape index (κ3) is 4.52. The van der Waals surface area contributed by atoms with Crippen LogP contribution in [0.5, 0.6) is 0 Å². The Morgan fingerprint density at radius 2 is 0.828 bits per heavy atom. The molecule has 2 rings (SSSR count). The van der Waals surface area contributed by atoms with Crippen LogP contribution in [-0.2, 0) is 5.41 Å². The predicted octanol–water partition coefficient (Wildman–Crippen LogP) is 7.32. The van der Waals surface area contributed by atoms with Crippen LogP contribution in [0.1, 0.15) is 38.8 Å². The van der Waals surface area contributed by atoms with Gasteiger partial charge in [-0.05, 0) is 63.1 Å². The van der Waals surface area contributed by atoms with Crippen LogP contribution in [0.4, 0.5) is 37.7 Å². The maximum absolute atomic E-state index is 14.1. The Morgan fingerprint density at radius 1 is 0.552 bits per heavy atom. The molecule has 0 aromatic heterocycles. The molecule has 0 saturated heterocycles. The molecule has 2 aromatic carbocycles. The monoisotopic (exact) mass is 414 g/mol. The Balaban J connectivity index is 2.76. The van der Waals surface area contributed by atoms with Gasteiger partial charge in [-0.3, -0.25) is 9.98 Å². The topological polar surface area (TPSA) is 24.7 Å². The molecule has 0 saturated carbocycles. The van der Waals surface area contributed by atoms with Crippen molar-refractivity contribution in [3.05, 3.63) is 59.7 Å². The van der Waals surface area contributed by atoms with Gasteiger partial charge in [0.25, 0.3) is 0 Å². The van der Waals surface area contributed by atoms with Gasteiger partial charge in [0.05, 0.1) is 11.4 Å². The fourth-order valence-corrected chi connectivity index (χ4v) is 3.07. The van der Waals surface area contributed by atoms with E-state index in [1.807, 2.05) is 0 Å². The number of hydrogen-bond acceptors (Lipinski definition) is 2. The molecule has 8 heteroatoms. The van der Waals surface area contributed by atoms with Gasteiger partial charge in [0.2, 0.25) is 5.41 Å². The number of nitrogens with zero attached hydrogens (tertiary/aromatic N) is 2. The highest BCUT2D eigenvalue weighted by molar-refractivity contribution is 5.82. The van der Waals surface area contributed by atoms with Crippen molar-refractivity contribution < 1.29 is 26.3 Å². The molecular weight excluding hydrogens is 394 g/mol. The molecule has 0 bridgehead atoms. The highest BCUT2D eigenvalue weighted by Crippen LogP contribution is 2.56. The standard InChI is InChI=1S/C21H20F6N2/c1-13(2)28-17-9-5-15(6-10-17)19(20(22,23)24,21(25,26)27)16-7-11-18(12-8-16)29-14(3)4/h5-12H,1-4H3. The van der Waals surface area contributed by atoms with E-state index in [0.717, 1.165) is 48.5 Å². The van der Waals surface area contributed by atoms with Crippen molar-refractivity contribution in [2.75, 3.05) is 0 Å². The van der Waals surface area contributed by atoms with Crippen molar-refractivity contribution in [3.63, 3.8) is 0 Å². The first-order valence-electron chi connectivity index (χ1n) is 8.67.